The molecule has 0 saturated carbocycles. The first-order valence-corrected chi connectivity index (χ1v) is 6.91. The Morgan fingerprint density at radius 3 is 2.68 bits per heavy atom. The SMILES string of the molecule is CCC1(C)CN(c2ccc([N+](=O)[O-])c(C(F)(F)F)c2)CCO1. The van der Waals surface area contributed by atoms with Gasteiger partial charge in [0.2, 0.25) is 0 Å². The zero-order chi connectivity index (χ0) is 16.5. The van der Waals surface area contributed by atoms with Crippen molar-refractivity contribution in [2.24, 2.45) is 0 Å². The third-order valence-corrected chi connectivity index (χ3v) is 3.93. The smallest absolute Gasteiger partial charge is 0.372 e. The van der Waals surface area contributed by atoms with Crippen molar-refractivity contribution in [3.8, 4) is 0 Å². The van der Waals surface area contributed by atoms with E-state index in [9.17, 15) is 23.3 Å². The second-order valence-corrected chi connectivity index (χ2v) is 5.53. The minimum atomic E-state index is -4.77. The predicted octanol–water partition coefficient (Wildman–Crippen LogP) is 3.62. The van der Waals surface area contributed by atoms with E-state index in [-0.39, 0.29) is 0 Å². The molecule has 0 radical (unpaired) electrons. The molecule has 2 rings (SSSR count). The van der Waals surface area contributed by atoms with Crippen LogP contribution in [0.4, 0.5) is 24.5 Å². The van der Waals surface area contributed by atoms with Crippen LogP contribution in [0.5, 0.6) is 0 Å². The lowest BCUT2D eigenvalue weighted by Gasteiger charge is -2.41. The number of anilines is 1. The highest BCUT2D eigenvalue weighted by Crippen LogP contribution is 2.39. The van der Waals surface area contributed by atoms with Gasteiger partial charge in [0.1, 0.15) is 5.56 Å². The van der Waals surface area contributed by atoms with Gasteiger partial charge in [0.05, 0.1) is 17.1 Å². The molecule has 1 fully saturated rings. The molecule has 1 atom stereocenters. The predicted molar refractivity (Wildman–Crippen MR) is 75.0 cm³/mol. The Labute approximate surface area is 125 Å². The first-order valence-electron chi connectivity index (χ1n) is 6.91. The second-order valence-electron chi connectivity index (χ2n) is 5.53. The van der Waals surface area contributed by atoms with Gasteiger partial charge >= 0.3 is 6.18 Å². The fraction of sp³-hybridized carbons (Fsp3) is 0.571. The van der Waals surface area contributed by atoms with Gasteiger partial charge in [0.15, 0.2) is 0 Å². The summed E-state index contributed by atoms with van der Waals surface area (Å²) < 4.78 is 44.7. The Hall–Kier alpha value is -1.83. The highest BCUT2D eigenvalue weighted by molar-refractivity contribution is 5.57. The number of nitrogens with zero attached hydrogens (tertiary/aromatic N) is 2. The summed E-state index contributed by atoms with van der Waals surface area (Å²) in [6, 6.07) is 3.12. The summed E-state index contributed by atoms with van der Waals surface area (Å²) in [5.41, 5.74) is -2.26. The minimum absolute atomic E-state index is 0.320. The molecule has 0 spiro atoms. The van der Waals surface area contributed by atoms with Gasteiger partial charge in [-0.2, -0.15) is 13.2 Å². The summed E-state index contributed by atoms with van der Waals surface area (Å²) in [6.45, 7) is 5.14. The van der Waals surface area contributed by atoms with Gasteiger partial charge in [-0.05, 0) is 25.5 Å². The van der Waals surface area contributed by atoms with Gasteiger partial charge in [0.25, 0.3) is 5.69 Å². The molecule has 1 heterocycles. The zero-order valence-corrected chi connectivity index (χ0v) is 12.3. The molecule has 8 heteroatoms. The van der Waals surface area contributed by atoms with Crippen LogP contribution in [0.15, 0.2) is 18.2 Å². The fourth-order valence-electron chi connectivity index (χ4n) is 2.47. The summed E-state index contributed by atoms with van der Waals surface area (Å²) in [4.78, 5) is 11.5. The van der Waals surface area contributed by atoms with E-state index in [1.807, 2.05) is 13.8 Å². The van der Waals surface area contributed by atoms with Crippen LogP contribution in [0.2, 0.25) is 0 Å². The van der Waals surface area contributed by atoms with Crippen LogP contribution < -0.4 is 4.90 Å². The summed E-state index contributed by atoms with van der Waals surface area (Å²) in [5.74, 6) is 0. The number of nitro benzene ring substituents is 1. The summed E-state index contributed by atoms with van der Waals surface area (Å²) in [7, 11) is 0. The third-order valence-electron chi connectivity index (χ3n) is 3.93. The molecule has 1 aliphatic heterocycles. The lowest BCUT2D eigenvalue weighted by atomic mass is 10.00. The molecule has 1 saturated heterocycles. The van der Waals surface area contributed by atoms with Crippen LogP contribution in [0.25, 0.3) is 0 Å². The lowest BCUT2D eigenvalue weighted by Crippen LogP contribution is -2.49. The molecular formula is C14H17F3N2O3. The van der Waals surface area contributed by atoms with Crippen LogP contribution >= 0.6 is 0 Å². The maximum Gasteiger partial charge on any atom is 0.423 e. The van der Waals surface area contributed by atoms with Crippen LogP contribution in [-0.4, -0.2) is 30.2 Å². The van der Waals surface area contributed by atoms with E-state index in [1.165, 1.54) is 6.07 Å². The van der Waals surface area contributed by atoms with Gasteiger partial charge in [-0.25, -0.2) is 0 Å². The first-order chi connectivity index (χ1) is 10.2. The van der Waals surface area contributed by atoms with Crippen molar-refractivity contribution in [1.82, 2.24) is 0 Å². The van der Waals surface area contributed by atoms with Crippen molar-refractivity contribution in [1.29, 1.82) is 0 Å². The molecule has 1 aromatic carbocycles. The standard InChI is InChI=1S/C14H17F3N2O3/c1-3-13(2)9-18(6-7-22-13)10-4-5-12(19(20)21)11(8-10)14(15,16)17/h4-5,8H,3,6-7,9H2,1-2H3. The van der Waals surface area contributed by atoms with E-state index in [4.69, 9.17) is 4.74 Å². The van der Waals surface area contributed by atoms with E-state index < -0.39 is 28.0 Å². The van der Waals surface area contributed by atoms with Gasteiger partial charge in [-0.3, -0.25) is 10.1 Å². The molecule has 1 aliphatic rings. The Kier molecular flexibility index (Phi) is 4.32. The van der Waals surface area contributed by atoms with E-state index >= 15 is 0 Å². The highest BCUT2D eigenvalue weighted by Gasteiger charge is 2.39. The molecule has 1 unspecified atom stereocenters. The largest absolute Gasteiger partial charge is 0.423 e. The van der Waals surface area contributed by atoms with Crippen LogP contribution in [0.1, 0.15) is 25.8 Å². The average molecular weight is 318 g/mol. The Morgan fingerprint density at radius 1 is 1.45 bits per heavy atom. The fourth-order valence-corrected chi connectivity index (χ4v) is 2.47. The topological polar surface area (TPSA) is 55.6 Å². The monoisotopic (exact) mass is 318 g/mol. The molecule has 0 aliphatic carbocycles. The van der Waals surface area contributed by atoms with E-state index in [0.717, 1.165) is 18.6 Å². The highest BCUT2D eigenvalue weighted by atomic mass is 19.4. The van der Waals surface area contributed by atoms with Crippen molar-refractivity contribution < 1.29 is 22.8 Å². The average Bonchev–Trinajstić information content (AvgIpc) is 2.45. The number of benzene rings is 1. The third kappa shape index (κ3) is 3.32. The van der Waals surface area contributed by atoms with Gasteiger partial charge < -0.3 is 9.64 Å². The number of halogens is 3. The maximum absolute atomic E-state index is 13.0. The van der Waals surface area contributed by atoms with Gasteiger partial charge in [-0.1, -0.05) is 6.92 Å². The summed E-state index contributed by atoms with van der Waals surface area (Å²) >= 11 is 0. The number of hydrogen-bond acceptors (Lipinski definition) is 4. The number of nitro groups is 1. The Morgan fingerprint density at radius 2 is 2.14 bits per heavy atom. The molecule has 0 amide bonds. The minimum Gasteiger partial charge on any atom is -0.372 e. The number of rotatable bonds is 3. The van der Waals surface area contributed by atoms with E-state index in [0.29, 0.717) is 25.4 Å². The number of ether oxygens (including phenoxy) is 1. The van der Waals surface area contributed by atoms with Crippen molar-refractivity contribution in [2.75, 3.05) is 24.6 Å². The van der Waals surface area contributed by atoms with Crippen LogP contribution in [0.3, 0.4) is 0 Å². The number of morpholine rings is 1. The Bertz CT molecular complexity index is 577. The van der Waals surface area contributed by atoms with Crippen molar-refractivity contribution in [3.63, 3.8) is 0 Å². The summed E-state index contributed by atoms with van der Waals surface area (Å²) in [6.07, 6.45) is -4.04. The second kappa shape index (κ2) is 5.75. The van der Waals surface area contributed by atoms with Crippen LogP contribution in [-0.2, 0) is 10.9 Å². The number of alkyl halides is 3. The molecule has 1 aromatic rings. The van der Waals surface area contributed by atoms with Crippen LogP contribution in [0, 0.1) is 10.1 Å². The van der Waals surface area contributed by atoms with Gasteiger partial charge in [0, 0.05) is 24.8 Å². The zero-order valence-electron chi connectivity index (χ0n) is 12.3. The quantitative estimate of drug-likeness (QED) is 0.631. The normalized spacial score (nSPS) is 22.7. The molecule has 22 heavy (non-hydrogen) atoms. The Balaban J connectivity index is 2.39. The molecule has 0 N–H and O–H groups in total. The van der Waals surface area contributed by atoms with Gasteiger partial charge in [-0.15, -0.1) is 0 Å². The van der Waals surface area contributed by atoms with E-state index in [1.54, 1.807) is 4.90 Å². The van der Waals surface area contributed by atoms with E-state index in [2.05, 4.69) is 0 Å². The maximum atomic E-state index is 13.0. The molecule has 0 aromatic heterocycles. The molecule has 122 valence electrons. The lowest BCUT2D eigenvalue weighted by molar-refractivity contribution is -0.388. The molecular weight excluding hydrogens is 301 g/mol. The summed E-state index contributed by atoms with van der Waals surface area (Å²) in [5, 5.41) is 10.8. The van der Waals surface area contributed by atoms with Crippen molar-refractivity contribution >= 4 is 11.4 Å². The molecule has 0 bridgehead atoms. The first kappa shape index (κ1) is 16.5. The van der Waals surface area contributed by atoms with Crippen molar-refractivity contribution in [3.05, 3.63) is 33.9 Å². The number of hydrogen-bond donors (Lipinski definition) is 0. The van der Waals surface area contributed by atoms with Crippen molar-refractivity contribution in [2.45, 2.75) is 32.0 Å². The molecule has 5 nitrogen and oxygen atoms in total.